The number of thiophene rings is 2. The highest BCUT2D eigenvalue weighted by Crippen LogP contribution is 2.36. The Morgan fingerprint density at radius 1 is 1.27 bits per heavy atom. The molecule has 136 valence electrons. The lowest BCUT2D eigenvalue weighted by atomic mass is 10.2. The van der Waals surface area contributed by atoms with Crippen molar-refractivity contribution >= 4 is 50.4 Å². The first-order valence-corrected chi connectivity index (χ1v) is 11.6. The number of rotatable bonds is 4. The number of aromatic nitrogens is 2. The van der Waals surface area contributed by atoms with E-state index in [4.69, 9.17) is 4.98 Å². The third-order valence-electron chi connectivity index (χ3n) is 4.76. The predicted molar refractivity (Wildman–Crippen MR) is 111 cm³/mol. The SMILES string of the molecule is CCn1c(S[C@@H]2CCCCCC2=O)nc2scc(-c3cccs3)c2c1=O. The number of ketones is 1. The standard InChI is InChI=1S/C19H20N2O2S3/c1-2-21-18(23)16-12(14-9-6-10-24-14)11-25-17(16)20-19(21)26-15-8-5-3-4-7-13(15)22/h6,9-11,15H,2-5,7-8H2,1H3/t15-/m1/s1. The molecule has 0 spiro atoms. The van der Waals surface area contributed by atoms with Crippen LogP contribution in [0.4, 0.5) is 0 Å². The molecule has 3 aromatic heterocycles. The quantitative estimate of drug-likeness (QED) is 0.443. The van der Waals surface area contributed by atoms with Crippen LogP contribution in [0.2, 0.25) is 0 Å². The van der Waals surface area contributed by atoms with E-state index in [0.717, 1.165) is 41.0 Å². The fourth-order valence-corrected chi connectivity index (χ4v) is 6.45. The smallest absolute Gasteiger partial charge is 0.263 e. The van der Waals surface area contributed by atoms with Crippen LogP contribution in [0.1, 0.15) is 39.0 Å². The zero-order chi connectivity index (χ0) is 18.1. The van der Waals surface area contributed by atoms with E-state index < -0.39 is 0 Å². The summed E-state index contributed by atoms with van der Waals surface area (Å²) in [5.74, 6) is 0.301. The van der Waals surface area contributed by atoms with E-state index in [-0.39, 0.29) is 10.8 Å². The van der Waals surface area contributed by atoms with Gasteiger partial charge in [0.05, 0.1) is 10.6 Å². The van der Waals surface area contributed by atoms with Crippen LogP contribution in [-0.4, -0.2) is 20.6 Å². The van der Waals surface area contributed by atoms with Gasteiger partial charge in [-0.2, -0.15) is 0 Å². The lowest BCUT2D eigenvalue weighted by Crippen LogP contribution is -2.24. The summed E-state index contributed by atoms with van der Waals surface area (Å²) in [4.78, 5) is 32.2. The molecule has 0 aromatic carbocycles. The van der Waals surface area contributed by atoms with E-state index >= 15 is 0 Å². The van der Waals surface area contributed by atoms with Gasteiger partial charge in [0.1, 0.15) is 10.6 Å². The van der Waals surface area contributed by atoms with Gasteiger partial charge in [-0.25, -0.2) is 4.98 Å². The molecule has 0 radical (unpaired) electrons. The second-order valence-corrected chi connectivity index (χ2v) is 9.40. The van der Waals surface area contributed by atoms with Gasteiger partial charge in [-0.05, 0) is 31.2 Å². The number of hydrogen-bond donors (Lipinski definition) is 0. The van der Waals surface area contributed by atoms with E-state index in [1.54, 1.807) is 15.9 Å². The van der Waals surface area contributed by atoms with E-state index in [1.807, 2.05) is 29.8 Å². The Morgan fingerprint density at radius 3 is 2.92 bits per heavy atom. The van der Waals surface area contributed by atoms with E-state index in [0.29, 0.717) is 29.3 Å². The monoisotopic (exact) mass is 404 g/mol. The molecule has 1 aliphatic rings. The molecule has 4 nitrogen and oxygen atoms in total. The minimum Gasteiger partial charge on any atom is -0.298 e. The van der Waals surface area contributed by atoms with E-state index in [1.165, 1.54) is 23.1 Å². The van der Waals surface area contributed by atoms with Crippen LogP contribution < -0.4 is 5.56 Å². The lowest BCUT2D eigenvalue weighted by molar-refractivity contribution is -0.118. The van der Waals surface area contributed by atoms with Crippen molar-refractivity contribution in [2.75, 3.05) is 0 Å². The molecule has 3 heterocycles. The first-order chi connectivity index (χ1) is 12.7. The Labute approximate surface area is 164 Å². The zero-order valence-corrected chi connectivity index (χ0v) is 17.0. The molecule has 7 heteroatoms. The van der Waals surface area contributed by atoms with Crippen LogP contribution in [0.15, 0.2) is 32.8 Å². The molecule has 4 rings (SSSR count). The van der Waals surface area contributed by atoms with Crippen LogP contribution in [-0.2, 0) is 11.3 Å². The minimum atomic E-state index is -0.0728. The highest BCUT2D eigenvalue weighted by molar-refractivity contribution is 8.00. The number of thioether (sulfide) groups is 1. The second kappa shape index (κ2) is 7.66. The van der Waals surface area contributed by atoms with Crippen molar-refractivity contribution in [3.8, 4) is 10.4 Å². The molecule has 0 N–H and O–H groups in total. The highest BCUT2D eigenvalue weighted by atomic mass is 32.2. The Kier molecular flexibility index (Phi) is 5.29. The van der Waals surface area contributed by atoms with E-state index in [9.17, 15) is 9.59 Å². The number of fused-ring (bicyclic) bond motifs is 1. The van der Waals surface area contributed by atoms with Crippen molar-refractivity contribution in [3.63, 3.8) is 0 Å². The van der Waals surface area contributed by atoms with Crippen LogP contribution in [0.5, 0.6) is 0 Å². The summed E-state index contributed by atoms with van der Waals surface area (Å²) >= 11 is 4.63. The Morgan fingerprint density at radius 2 is 2.15 bits per heavy atom. The number of Topliss-reactive ketones (excluding diaryl/α,β-unsaturated/α-hetero) is 1. The molecular weight excluding hydrogens is 384 g/mol. The van der Waals surface area contributed by atoms with Gasteiger partial charge in [-0.3, -0.25) is 14.2 Å². The topological polar surface area (TPSA) is 52.0 Å². The summed E-state index contributed by atoms with van der Waals surface area (Å²) in [5.41, 5.74) is 0.979. The molecule has 3 aromatic rings. The fraction of sp³-hybridized carbons (Fsp3) is 0.421. The second-order valence-electron chi connectivity index (χ2n) is 6.42. The van der Waals surface area contributed by atoms with Crippen LogP contribution >= 0.6 is 34.4 Å². The zero-order valence-electron chi connectivity index (χ0n) is 14.6. The van der Waals surface area contributed by atoms with Crippen LogP contribution in [0.3, 0.4) is 0 Å². The third-order valence-corrected chi connectivity index (χ3v) is 7.84. The molecule has 26 heavy (non-hydrogen) atoms. The maximum Gasteiger partial charge on any atom is 0.263 e. The van der Waals surface area contributed by atoms with Crippen molar-refractivity contribution in [2.45, 2.75) is 56.0 Å². The number of carbonyl (C=O) groups excluding carboxylic acids is 1. The molecule has 0 amide bonds. The third kappa shape index (κ3) is 3.28. The van der Waals surface area contributed by atoms with Gasteiger partial charge in [0.25, 0.3) is 5.56 Å². The molecule has 1 aliphatic carbocycles. The van der Waals surface area contributed by atoms with Gasteiger partial charge < -0.3 is 0 Å². The maximum atomic E-state index is 13.2. The fourth-order valence-electron chi connectivity index (χ4n) is 3.37. The number of nitrogens with zero attached hydrogens (tertiary/aromatic N) is 2. The predicted octanol–water partition coefficient (Wildman–Crippen LogP) is 5.20. The lowest BCUT2D eigenvalue weighted by Gasteiger charge is -2.15. The molecule has 1 atom stereocenters. The van der Waals surface area contributed by atoms with Crippen molar-refractivity contribution in [3.05, 3.63) is 33.2 Å². The summed E-state index contributed by atoms with van der Waals surface area (Å²) in [6.07, 6.45) is 4.70. The first-order valence-electron chi connectivity index (χ1n) is 8.94. The highest BCUT2D eigenvalue weighted by Gasteiger charge is 2.25. The van der Waals surface area contributed by atoms with Gasteiger partial charge in [0.2, 0.25) is 0 Å². The van der Waals surface area contributed by atoms with Crippen molar-refractivity contribution < 1.29 is 4.79 Å². The largest absolute Gasteiger partial charge is 0.298 e. The molecule has 1 fully saturated rings. The first kappa shape index (κ1) is 17.9. The molecule has 0 aliphatic heterocycles. The molecule has 0 saturated heterocycles. The minimum absolute atomic E-state index is 0.00530. The van der Waals surface area contributed by atoms with Gasteiger partial charge in [-0.15, -0.1) is 22.7 Å². The summed E-state index contributed by atoms with van der Waals surface area (Å²) in [6.45, 7) is 2.52. The Hall–Kier alpha value is -1.44. The molecule has 0 bridgehead atoms. The van der Waals surface area contributed by atoms with Crippen molar-refractivity contribution in [1.29, 1.82) is 0 Å². The summed E-state index contributed by atoms with van der Waals surface area (Å²) in [5, 5.41) is 5.36. The van der Waals surface area contributed by atoms with Crippen LogP contribution in [0, 0.1) is 0 Å². The summed E-state index contributed by atoms with van der Waals surface area (Å²) in [7, 11) is 0. The van der Waals surface area contributed by atoms with Gasteiger partial charge >= 0.3 is 0 Å². The van der Waals surface area contributed by atoms with Crippen molar-refractivity contribution in [1.82, 2.24) is 9.55 Å². The number of carbonyl (C=O) groups is 1. The average Bonchev–Trinajstić information content (AvgIpc) is 3.25. The number of hydrogen-bond acceptors (Lipinski definition) is 6. The van der Waals surface area contributed by atoms with E-state index in [2.05, 4.69) is 0 Å². The molecule has 0 unspecified atom stereocenters. The van der Waals surface area contributed by atoms with Crippen LogP contribution in [0.25, 0.3) is 20.7 Å². The summed E-state index contributed by atoms with van der Waals surface area (Å²) in [6, 6.07) is 4.03. The maximum absolute atomic E-state index is 13.2. The molecular formula is C19H20N2O2S3. The Balaban J connectivity index is 1.79. The van der Waals surface area contributed by atoms with Gasteiger partial charge in [0, 0.05) is 28.8 Å². The van der Waals surface area contributed by atoms with Crippen molar-refractivity contribution in [2.24, 2.45) is 0 Å². The summed E-state index contributed by atoms with van der Waals surface area (Å²) < 4.78 is 1.73. The average molecular weight is 405 g/mol. The van der Waals surface area contributed by atoms with Gasteiger partial charge in [0.15, 0.2) is 5.16 Å². The normalized spacial score (nSPS) is 18.3. The van der Waals surface area contributed by atoms with Gasteiger partial charge in [-0.1, -0.05) is 30.7 Å². The molecule has 1 saturated carbocycles. The Bertz CT molecular complexity index is 988.